The monoisotopic (exact) mass is 360 g/mol. The minimum atomic E-state index is -0.229. The van der Waals surface area contributed by atoms with Crippen molar-refractivity contribution in [3.8, 4) is 0 Å². The third kappa shape index (κ3) is 4.14. The van der Waals surface area contributed by atoms with E-state index in [4.69, 9.17) is 0 Å². The molecule has 1 amide bonds. The first-order chi connectivity index (χ1) is 13.0. The van der Waals surface area contributed by atoms with Gasteiger partial charge in [0.05, 0.1) is 0 Å². The molecule has 1 heterocycles. The standard InChI is InChI=1S/C22H24N4O/c1-5-17-11-9-10-15(2)20(17)25-21(27)19-14-16(3)23-22(24-19)26(4)18-12-7-6-8-13-18/h6-14H,5H2,1-4H3,(H,25,27). The molecule has 3 aromatic rings. The molecule has 1 N–H and O–H groups in total. The SMILES string of the molecule is CCc1cccc(C)c1NC(=O)c1cc(C)nc(N(C)c2ccccc2)n1. The van der Waals surface area contributed by atoms with E-state index in [9.17, 15) is 4.79 Å². The number of amides is 1. The van der Waals surface area contributed by atoms with Gasteiger partial charge in [-0.1, -0.05) is 43.3 Å². The van der Waals surface area contributed by atoms with Crippen molar-refractivity contribution in [1.29, 1.82) is 0 Å². The predicted molar refractivity (Wildman–Crippen MR) is 110 cm³/mol. The van der Waals surface area contributed by atoms with Gasteiger partial charge in [-0.05, 0) is 49.6 Å². The number of carbonyl (C=O) groups excluding carboxylic acids is 1. The van der Waals surface area contributed by atoms with Crippen LogP contribution in [0.4, 0.5) is 17.3 Å². The van der Waals surface area contributed by atoms with E-state index in [1.165, 1.54) is 0 Å². The van der Waals surface area contributed by atoms with Gasteiger partial charge in [-0.2, -0.15) is 0 Å². The lowest BCUT2D eigenvalue weighted by molar-refractivity contribution is 0.102. The molecule has 0 aliphatic heterocycles. The van der Waals surface area contributed by atoms with Gasteiger partial charge in [0.2, 0.25) is 5.95 Å². The van der Waals surface area contributed by atoms with Crippen LogP contribution < -0.4 is 10.2 Å². The van der Waals surface area contributed by atoms with Crippen LogP contribution in [0.15, 0.2) is 54.6 Å². The van der Waals surface area contributed by atoms with Gasteiger partial charge in [0.25, 0.3) is 5.91 Å². The molecule has 3 rings (SSSR count). The maximum absolute atomic E-state index is 12.9. The van der Waals surface area contributed by atoms with Crippen molar-refractivity contribution >= 4 is 23.2 Å². The molecule has 5 heteroatoms. The Labute approximate surface area is 160 Å². The molecule has 0 bridgehead atoms. The topological polar surface area (TPSA) is 58.1 Å². The molecule has 1 aromatic heterocycles. The Bertz CT molecular complexity index is 954. The summed E-state index contributed by atoms with van der Waals surface area (Å²) in [6.45, 7) is 5.94. The maximum Gasteiger partial charge on any atom is 0.274 e. The summed E-state index contributed by atoms with van der Waals surface area (Å²) in [5, 5.41) is 3.03. The first-order valence-corrected chi connectivity index (χ1v) is 9.04. The van der Waals surface area contributed by atoms with E-state index in [1.807, 2.05) is 74.3 Å². The van der Waals surface area contributed by atoms with Crippen molar-refractivity contribution in [3.63, 3.8) is 0 Å². The Hall–Kier alpha value is -3.21. The predicted octanol–water partition coefficient (Wildman–Crippen LogP) is 4.68. The van der Waals surface area contributed by atoms with Crippen LogP contribution in [0.3, 0.4) is 0 Å². The largest absolute Gasteiger partial charge is 0.320 e. The molecule has 0 unspecified atom stereocenters. The molecule has 0 saturated carbocycles. The summed E-state index contributed by atoms with van der Waals surface area (Å²) in [4.78, 5) is 23.7. The fourth-order valence-electron chi connectivity index (χ4n) is 2.97. The highest BCUT2D eigenvalue weighted by Gasteiger charge is 2.16. The second-order valence-corrected chi connectivity index (χ2v) is 6.51. The summed E-state index contributed by atoms with van der Waals surface area (Å²) >= 11 is 0. The number of benzene rings is 2. The van der Waals surface area contributed by atoms with Crippen molar-refractivity contribution in [3.05, 3.63) is 77.1 Å². The van der Waals surface area contributed by atoms with Gasteiger partial charge in [0.1, 0.15) is 5.69 Å². The highest BCUT2D eigenvalue weighted by molar-refractivity contribution is 6.04. The number of nitrogens with one attached hydrogen (secondary N) is 1. The van der Waals surface area contributed by atoms with Gasteiger partial charge in [-0.3, -0.25) is 4.79 Å². The van der Waals surface area contributed by atoms with Crippen LogP contribution >= 0.6 is 0 Å². The molecule has 0 aliphatic rings. The van der Waals surface area contributed by atoms with E-state index < -0.39 is 0 Å². The number of rotatable bonds is 5. The molecule has 0 radical (unpaired) electrons. The van der Waals surface area contributed by atoms with E-state index in [1.54, 1.807) is 6.07 Å². The number of hydrogen-bond acceptors (Lipinski definition) is 4. The first-order valence-electron chi connectivity index (χ1n) is 9.04. The van der Waals surface area contributed by atoms with E-state index in [-0.39, 0.29) is 5.91 Å². The molecule has 0 aliphatic carbocycles. The van der Waals surface area contributed by atoms with Crippen molar-refractivity contribution in [2.45, 2.75) is 27.2 Å². The van der Waals surface area contributed by atoms with Crippen molar-refractivity contribution in [1.82, 2.24) is 9.97 Å². The zero-order valence-electron chi connectivity index (χ0n) is 16.2. The fraction of sp³-hybridized carbons (Fsp3) is 0.227. The third-order valence-electron chi connectivity index (χ3n) is 4.50. The molecular weight excluding hydrogens is 336 g/mol. The second-order valence-electron chi connectivity index (χ2n) is 6.51. The first kappa shape index (κ1) is 18.6. The van der Waals surface area contributed by atoms with Gasteiger partial charge >= 0.3 is 0 Å². The summed E-state index contributed by atoms with van der Waals surface area (Å²) in [7, 11) is 1.89. The van der Waals surface area contributed by atoms with E-state index in [0.29, 0.717) is 11.6 Å². The fourth-order valence-corrected chi connectivity index (χ4v) is 2.97. The minimum absolute atomic E-state index is 0.229. The van der Waals surface area contributed by atoms with Crippen molar-refractivity contribution in [2.75, 3.05) is 17.3 Å². The lowest BCUT2D eigenvalue weighted by Gasteiger charge is -2.18. The average molecular weight is 360 g/mol. The van der Waals surface area contributed by atoms with Gasteiger partial charge in [0, 0.05) is 24.1 Å². The summed E-state index contributed by atoms with van der Waals surface area (Å²) < 4.78 is 0. The summed E-state index contributed by atoms with van der Waals surface area (Å²) in [5.74, 6) is 0.263. The zero-order valence-corrected chi connectivity index (χ0v) is 16.2. The summed E-state index contributed by atoms with van der Waals surface area (Å²) in [6, 6.07) is 17.6. The van der Waals surface area contributed by atoms with E-state index in [0.717, 1.165) is 34.6 Å². The van der Waals surface area contributed by atoms with Gasteiger partial charge in [-0.25, -0.2) is 9.97 Å². The normalized spacial score (nSPS) is 10.5. The summed E-state index contributed by atoms with van der Waals surface area (Å²) in [5.41, 5.74) is 5.06. The van der Waals surface area contributed by atoms with Crippen molar-refractivity contribution < 1.29 is 4.79 Å². The average Bonchev–Trinajstić information content (AvgIpc) is 2.69. The van der Waals surface area contributed by atoms with E-state index in [2.05, 4.69) is 22.2 Å². The molecular formula is C22H24N4O. The van der Waals surface area contributed by atoms with Gasteiger partial charge in [-0.15, -0.1) is 0 Å². The van der Waals surface area contributed by atoms with Crippen LogP contribution in [0.25, 0.3) is 0 Å². The van der Waals surface area contributed by atoms with E-state index >= 15 is 0 Å². The molecule has 0 fully saturated rings. The van der Waals surface area contributed by atoms with Crippen LogP contribution in [-0.4, -0.2) is 22.9 Å². The minimum Gasteiger partial charge on any atom is -0.320 e. The molecule has 5 nitrogen and oxygen atoms in total. The number of nitrogens with zero attached hydrogens (tertiary/aromatic N) is 3. The Morgan fingerprint density at radius 1 is 1.04 bits per heavy atom. The van der Waals surface area contributed by atoms with Crippen LogP contribution in [-0.2, 0) is 6.42 Å². The number of anilines is 3. The van der Waals surface area contributed by atoms with Crippen LogP contribution in [0.5, 0.6) is 0 Å². The zero-order chi connectivity index (χ0) is 19.4. The number of hydrogen-bond donors (Lipinski definition) is 1. The number of carbonyl (C=O) groups is 1. The van der Waals surface area contributed by atoms with Crippen LogP contribution in [0, 0.1) is 13.8 Å². The number of para-hydroxylation sites is 2. The molecule has 0 atom stereocenters. The highest BCUT2D eigenvalue weighted by Crippen LogP contribution is 2.23. The quantitative estimate of drug-likeness (QED) is 0.718. The smallest absolute Gasteiger partial charge is 0.274 e. The highest BCUT2D eigenvalue weighted by atomic mass is 16.1. The van der Waals surface area contributed by atoms with Gasteiger partial charge in [0.15, 0.2) is 0 Å². The van der Waals surface area contributed by atoms with Crippen LogP contribution in [0.1, 0.15) is 34.2 Å². The van der Waals surface area contributed by atoms with Gasteiger partial charge < -0.3 is 10.2 Å². The molecule has 0 spiro atoms. The molecule has 27 heavy (non-hydrogen) atoms. The lowest BCUT2D eigenvalue weighted by Crippen LogP contribution is -2.20. The Balaban J connectivity index is 1.91. The Kier molecular flexibility index (Phi) is 5.50. The Morgan fingerprint density at radius 3 is 2.48 bits per heavy atom. The summed E-state index contributed by atoms with van der Waals surface area (Å²) in [6.07, 6.45) is 0.849. The molecule has 0 saturated heterocycles. The Morgan fingerprint density at radius 2 is 1.78 bits per heavy atom. The molecule has 138 valence electrons. The number of aromatic nitrogens is 2. The third-order valence-corrected chi connectivity index (χ3v) is 4.50. The van der Waals surface area contributed by atoms with Crippen molar-refractivity contribution in [2.24, 2.45) is 0 Å². The molecule has 2 aromatic carbocycles. The number of aryl methyl sites for hydroxylation is 3. The second kappa shape index (κ2) is 7.99. The maximum atomic E-state index is 12.9. The lowest BCUT2D eigenvalue weighted by atomic mass is 10.1. The van der Waals surface area contributed by atoms with Crippen LogP contribution in [0.2, 0.25) is 0 Å².